The highest BCUT2D eigenvalue weighted by atomic mass is 127. The van der Waals surface area contributed by atoms with Crippen molar-refractivity contribution in [2.75, 3.05) is 0 Å². The first-order chi connectivity index (χ1) is 3.81. The zero-order chi connectivity index (χ0) is 6.41. The molecule has 0 unspecified atom stereocenters. The fraction of sp³-hybridized carbons (Fsp3) is 0.714. The van der Waals surface area contributed by atoms with Crippen molar-refractivity contribution in [2.45, 2.75) is 33.1 Å². The van der Waals surface area contributed by atoms with Crippen LogP contribution < -0.4 is 0 Å². The molecule has 0 fully saturated rings. The second-order valence-electron chi connectivity index (χ2n) is 2.06. The number of unbranched alkanes of at least 4 members (excludes halogenated alkanes) is 1. The molecule has 0 atom stereocenters. The maximum Gasteiger partial charge on any atom is -0.0245 e. The van der Waals surface area contributed by atoms with E-state index in [9.17, 15) is 0 Å². The lowest BCUT2D eigenvalue weighted by atomic mass is 10.2. The third-order valence-electron chi connectivity index (χ3n) is 1.11. The molecule has 0 aliphatic heterocycles. The van der Waals surface area contributed by atoms with Crippen LogP contribution in [0, 0.1) is 0 Å². The van der Waals surface area contributed by atoms with Crippen LogP contribution in [0.5, 0.6) is 0 Å². The maximum atomic E-state index is 2.29. The first kappa shape index (κ1) is 8.47. The predicted octanol–water partition coefficient (Wildman–Crippen LogP) is 3.52. The zero-order valence-electron chi connectivity index (χ0n) is 5.58. The van der Waals surface area contributed by atoms with Gasteiger partial charge >= 0.3 is 0 Å². The Hall–Kier alpha value is 0.470. The van der Waals surface area contributed by atoms with Crippen LogP contribution in [0.4, 0.5) is 0 Å². The molecule has 0 aliphatic carbocycles. The van der Waals surface area contributed by atoms with Crippen molar-refractivity contribution in [1.82, 2.24) is 0 Å². The van der Waals surface area contributed by atoms with Gasteiger partial charge in [-0.25, -0.2) is 0 Å². The van der Waals surface area contributed by atoms with Crippen LogP contribution >= 0.6 is 22.6 Å². The van der Waals surface area contributed by atoms with Gasteiger partial charge in [-0.1, -0.05) is 41.5 Å². The van der Waals surface area contributed by atoms with Gasteiger partial charge in [-0.3, -0.25) is 0 Å². The molecule has 0 heterocycles. The van der Waals surface area contributed by atoms with Crippen LogP contribution in [-0.4, -0.2) is 0 Å². The molecule has 0 saturated carbocycles. The molecule has 0 aliphatic rings. The van der Waals surface area contributed by atoms with E-state index in [1.807, 2.05) is 0 Å². The van der Waals surface area contributed by atoms with Crippen molar-refractivity contribution < 1.29 is 0 Å². The van der Waals surface area contributed by atoms with Gasteiger partial charge in [0, 0.05) is 0 Å². The van der Waals surface area contributed by atoms with Gasteiger partial charge in [-0.2, -0.15) is 0 Å². The molecule has 0 N–H and O–H groups in total. The minimum Gasteiger partial charge on any atom is -0.0673 e. The summed E-state index contributed by atoms with van der Waals surface area (Å²) in [5.74, 6) is 0. The van der Waals surface area contributed by atoms with E-state index in [1.165, 1.54) is 24.8 Å². The highest BCUT2D eigenvalue weighted by Crippen LogP contribution is 2.07. The van der Waals surface area contributed by atoms with Gasteiger partial charge in [0.15, 0.2) is 0 Å². The minimum atomic E-state index is 1.28. The monoisotopic (exact) mass is 224 g/mol. The average Bonchev–Trinajstić information content (AvgIpc) is 1.83. The summed E-state index contributed by atoms with van der Waals surface area (Å²) < 4.78 is 2.16. The van der Waals surface area contributed by atoms with Crippen molar-refractivity contribution in [1.29, 1.82) is 0 Å². The summed E-state index contributed by atoms with van der Waals surface area (Å²) in [5.41, 5.74) is 1.51. The van der Waals surface area contributed by atoms with E-state index >= 15 is 0 Å². The van der Waals surface area contributed by atoms with Gasteiger partial charge in [0.2, 0.25) is 0 Å². The molecular formula is C7H13I. The van der Waals surface area contributed by atoms with E-state index < -0.39 is 0 Å². The van der Waals surface area contributed by atoms with Crippen LogP contribution in [0.15, 0.2) is 9.66 Å². The van der Waals surface area contributed by atoms with Crippen molar-refractivity contribution in [3.8, 4) is 0 Å². The van der Waals surface area contributed by atoms with E-state index in [-0.39, 0.29) is 0 Å². The van der Waals surface area contributed by atoms with Crippen molar-refractivity contribution >= 4 is 22.6 Å². The Kier molecular flexibility index (Phi) is 5.93. The standard InChI is InChI=1S/C7H13I/c1-3-4-5-7(2)6-8/h6H,3-5H2,1-2H3/b7-6+. The zero-order valence-corrected chi connectivity index (χ0v) is 7.73. The van der Waals surface area contributed by atoms with E-state index in [0.717, 1.165) is 0 Å². The fourth-order valence-corrected chi connectivity index (χ4v) is 0.822. The molecule has 0 aromatic rings. The molecule has 8 heavy (non-hydrogen) atoms. The molecule has 0 radical (unpaired) electrons. The molecule has 0 rings (SSSR count). The van der Waals surface area contributed by atoms with E-state index in [2.05, 4.69) is 40.5 Å². The average molecular weight is 224 g/mol. The summed E-state index contributed by atoms with van der Waals surface area (Å²) in [4.78, 5) is 0. The normalized spacial score (nSPS) is 12.1. The fourth-order valence-electron chi connectivity index (χ4n) is 0.510. The highest BCUT2D eigenvalue weighted by molar-refractivity contribution is 14.1. The van der Waals surface area contributed by atoms with E-state index in [4.69, 9.17) is 0 Å². The summed E-state index contributed by atoms with van der Waals surface area (Å²) in [6.07, 6.45) is 3.92. The molecule has 1 heteroatoms. The minimum absolute atomic E-state index is 1.28. The molecule has 0 amide bonds. The molecule has 0 aromatic carbocycles. The van der Waals surface area contributed by atoms with Gasteiger partial charge in [-0.05, 0) is 23.8 Å². The summed E-state index contributed by atoms with van der Waals surface area (Å²) in [6, 6.07) is 0. The Balaban J connectivity index is 3.12. The van der Waals surface area contributed by atoms with Crippen LogP contribution in [-0.2, 0) is 0 Å². The van der Waals surface area contributed by atoms with Crippen molar-refractivity contribution in [2.24, 2.45) is 0 Å². The van der Waals surface area contributed by atoms with Gasteiger partial charge in [-0.15, -0.1) is 0 Å². The topological polar surface area (TPSA) is 0 Å². The summed E-state index contributed by atoms with van der Waals surface area (Å²) in [7, 11) is 0. The number of allylic oxidation sites excluding steroid dienone is 1. The van der Waals surface area contributed by atoms with Crippen molar-refractivity contribution in [3.63, 3.8) is 0 Å². The van der Waals surface area contributed by atoms with E-state index in [0.29, 0.717) is 0 Å². The van der Waals surface area contributed by atoms with Gasteiger partial charge in [0.25, 0.3) is 0 Å². The van der Waals surface area contributed by atoms with Crippen LogP contribution in [0.3, 0.4) is 0 Å². The van der Waals surface area contributed by atoms with Gasteiger partial charge in [0.05, 0.1) is 0 Å². The quantitative estimate of drug-likeness (QED) is 0.643. The van der Waals surface area contributed by atoms with Crippen LogP contribution in [0.2, 0.25) is 0 Å². The molecule has 0 nitrogen and oxygen atoms in total. The summed E-state index contributed by atoms with van der Waals surface area (Å²) >= 11 is 2.29. The Morgan fingerprint density at radius 2 is 2.25 bits per heavy atom. The second-order valence-corrected chi connectivity index (χ2v) is 2.68. The molecule has 48 valence electrons. The maximum absolute atomic E-state index is 2.29. The predicted molar refractivity (Wildman–Crippen MR) is 47.3 cm³/mol. The van der Waals surface area contributed by atoms with Crippen LogP contribution in [0.1, 0.15) is 33.1 Å². The first-order valence-corrected chi connectivity index (χ1v) is 4.31. The lowest BCUT2D eigenvalue weighted by Crippen LogP contribution is -1.73. The summed E-state index contributed by atoms with van der Waals surface area (Å²) in [5, 5.41) is 0. The van der Waals surface area contributed by atoms with Gasteiger partial charge in [0.1, 0.15) is 0 Å². The largest absolute Gasteiger partial charge is 0.0673 e. The van der Waals surface area contributed by atoms with Crippen LogP contribution in [0.25, 0.3) is 0 Å². The number of hydrogen-bond donors (Lipinski definition) is 0. The first-order valence-electron chi connectivity index (χ1n) is 3.07. The molecule has 0 aromatic heterocycles. The second kappa shape index (κ2) is 5.60. The third kappa shape index (κ3) is 4.62. The Morgan fingerprint density at radius 3 is 2.62 bits per heavy atom. The van der Waals surface area contributed by atoms with Gasteiger partial charge < -0.3 is 0 Å². The lowest BCUT2D eigenvalue weighted by molar-refractivity contribution is 0.789. The molecule has 0 saturated heterocycles. The Labute approximate surface area is 65.5 Å². The van der Waals surface area contributed by atoms with Crippen molar-refractivity contribution in [3.05, 3.63) is 9.66 Å². The molecule has 0 spiro atoms. The summed E-state index contributed by atoms with van der Waals surface area (Å²) in [6.45, 7) is 4.41. The highest BCUT2D eigenvalue weighted by Gasteiger charge is 1.84. The smallest absolute Gasteiger partial charge is 0.0245 e. The third-order valence-corrected chi connectivity index (χ3v) is 2.17. The number of halogens is 1. The Morgan fingerprint density at radius 1 is 1.62 bits per heavy atom. The number of hydrogen-bond acceptors (Lipinski definition) is 0. The Bertz CT molecular complexity index is 74.5. The lowest BCUT2D eigenvalue weighted by Gasteiger charge is -1.93. The SMILES string of the molecule is CCCC/C(C)=C/I. The molecule has 0 bridgehead atoms. The number of rotatable bonds is 3. The van der Waals surface area contributed by atoms with E-state index in [1.54, 1.807) is 0 Å². The molecular weight excluding hydrogens is 211 g/mol.